The van der Waals surface area contributed by atoms with Gasteiger partial charge in [-0.15, -0.1) is 11.8 Å². The summed E-state index contributed by atoms with van der Waals surface area (Å²) in [6.45, 7) is 3.45. The number of para-hydroxylation sites is 1. The van der Waals surface area contributed by atoms with E-state index in [1.54, 1.807) is 0 Å². The lowest BCUT2D eigenvalue weighted by molar-refractivity contribution is -0.137. The van der Waals surface area contributed by atoms with E-state index in [0.29, 0.717) is 10.6 Å². The molecule has 1 unspecified atom stereocenters. The molecule has 1 aliphatic heterocycles. The van der Waals surface area contributed by atoms with E-state index in [1.807, 2.05) is 32.0 Å². The number of aryl methyl sites for hydroxylation is 2. The predicted molar refractivity (Wildman–Crippen MR) is 112 cm³/mol. The maximum absolute atomic E-state index is 12.8. The second kappa shape index (κ2) is 9.01. The Morgan fingerprint density at radius 1 is 1.10 bits per heavy atom. The number of benzene rings is 2. The van der Waals surface area contributed by atoms with Crippen LogP contribution in [-0.2, 0) is 20.6 Å². The van der Waals surface area contributed by atoms with Gasteiger partial charge in [-0.3, -0.25) is 14.4 Å². The molecular weight excluding hydrogens is 431 g/mol. The third-order valence-electron chi connectivity index (χ3n) is 4.69. The Hall–Kier alpha value is -3.01. The van der Waals surface area contributed by atoms with E-state index >= 15 is 0 Å². The first-order valence-corrected chi connectivity index (χ1v) is 10.2. The van der Waals surface area contributed by atoms with Crippen LogP contribution >= 0.6 is 11.8 Å². The Morgan fingerprint density at radius 2 is 1.77 bits per heavy atom. The van der Waals surface area contributed by atoms with Gasteiger partial charge in [0.1, 0.15) is 0 Å². The highest BCUT2D eigenvalue weighted by atomic mass is 32.2. The SMILES string of the molecule is Cc1cccc(C)c1NC(=O)CNC(=O)CC1Sc2ccc(C(F)(F)F)cc2NC1=O. The van der Waals surface area contributed by atoms with Crippen LogP contribution in [-0.4, -0.2) is 29.5 Å². The van der Waals surface area contributed by atoms with Crippen molar-refractivity contribution < 1.29 is 27.6 Å². The average Bonchev–Trinajstić information content (AvgIpc) is 2.69. The molecule has 31 heavy (non-hydrogen) atoms. The van der Waals surface area contributed by atoms with E-state index in [9.17, 15) is 27.6 Å². The summed E-state index contributed by atoms with van der Waals surface area (Å²) in [7, 11) is 0. The van der Waals surface area contributed by atoms with Gasteiger partial charge in [-0.25, -0.2) is 0 Å². The van der Waals surface area contributed by atoms with Crippen molar-refractivity contribution >= 4 is 40.9 Å². The molecule has 1 aliphatic rings. The van der Waals surface area contributed by atoms with Crippen molar-refractivity contribution in [2.45, 2.75) is 36.6 Å². The first-order valence-electron chi connectivity index (χ1n) is 9.36. The fourth-order valence-electron chi connectivity index (χ4n) is 3.08. The number of nitrogens with one attached hydrogen (secondary N) is 3. The van der Waals surface area contributed by atoms with Crippen molar-refractivity contribution in [3.8, 4) is 0 Å². The van der Waals surface area contributed by atoms with Crippen molar-refractivity contribution in [3.63, 3.8) is 0 Å². The Balaban J connectivity index is 1.55. The molecule has 0 aliphatic carbocycles. The molecule has 0 spiro atoms. The van der Waals surface area contributed by atoms with Gasteiger partial charge in [0.05, 0.1) is 23.0 Å². The molecule has 1 atom stereocenters. The number of fused-ring (bicyclic) bond motifs is 1. The number of anilines is 2. The normalized spacial score (nSPS) is 15.6. The van der Waals surface area contributed by atoms with Gasteiger partial charge in [-0.05, 0) is 43.2 Å². The highest BCUT2D eigenvalue weighted by Gasteiger charge is 2.34. The number of amides is 3. The molecule has 2 aromatic rings. The van der Waals surface area contributed by atoms with Crippen LogP contribution in [0.5, 0.6) is 0 Å². The zero-order valence-electron chi connectivity index (χ0n) is 16.7. The van der Waals surface area contributed by atoms with Gasteiger partial charge < -0.3 is 16.0 Å². The fourth-order valence-corrected chi connectivity index (χ4v) is 4.17. The first kappa shape index (κ1) is 22.7. The van der Waals surface area contributed by atoms with Crippen LogP contribution in [0.2, 0.25) is 0 Å². The zero-order valence-corrected chi connectivity index (χ0v) is 17.5. The van der Waals surface area contributed by atoms with Crippen LogP contribution in [0.1, 0.15) is 23.1 Å². The van der Waals surface area contributed by atoms with Gasteiger partial charge in [0.2, 0.25) is 17.7 Å². The van der Waals surface area contributed by atoms with Crippen LogP contribution in [0.15, 0.2) is 41.3 Å². The molecule has 6 nitrogen and oxygen atoms in total. The molecule has 2 aromatic carbocycles. The number of alkyl halides is 3. The molecule has 0 saturated carbocycles. The maximum atomic E-state index is 12.8. The molecule has 0 fully saturated rings. The van der Waals surface area contributed by atoms with E-state index in [0.717, 1.165) is 35.0 Å². The number of hydrogen-bond donors (Lipinski definition) is 3. The number of hydrogen-bond acceptors (Lipinski definition) is 4. The fraction of sp³-hybridized carbons (Fsp3) is 0.286. The number of carbonyl (C=O) groups excluding carboxylic acids is 3. The zero-order chi connectivity index (χ0) is 22.8. The predicted octanol–water partition coefficient (Wildman–Crippen LogP) is 3.88. The second-order valence-corrected chi connectivity index (χ2v) is 8.34. The van der Waals surface area contributed by atoms with Gasteiger partial charge in [-0.2, -0.15) is 13.2 Å². The lowest BCUT2D eigenvalue weighted by atomic mass is 10.1. The standard InChI is InChI=1S/C21H20F3N3O3S/c1-11-4-3-5-12(2)19(11)27-18(29)10-25-17(28)9-16-20(30)26-14-8-13(21(22,23)24)6-7-15(14)31-16/h3-8,16H,9-10H2,1-2H3,(H,25,28)(H,26,30)(H,27,29). The molecule has 0 aromatic heterocycles. The molecule has 3 amide bonds. The van der Waals surface area contributed by atoms with E-state index in [4.69, 9.17) is 0 Å². The Labute approximate surface area is 181 Å². The third kappa shape index (κ3) is 5.57. The number of carbonyl (C=O) groups is 3. The topological polar surface area (TPSA) is 87.3 Å². The molecule has 3 rings (SSSR count). The van der Waals surface area contributed by atoms with Crippen molar-refractivity contribution in [1.29, 1.82) is 0 Å². The molecule has 164 valence electrons. The summed E-state index contributed by atoms with van der Waals surface area (Å²) in [6.07, 6.45) is -4.73. The van der Waals surface area contributed by atoms with Gasteiger partial charge in [0.25, 0.3) is 0 Å². The van der Waals surface area contributed by atoms with E-state index in [1.165, 1.54) is 6.07 Å². The van der Waals surface area contributed by atoms with Crippen LogP contribution in [0.3, 0.4) is 0 Å². The first-order chi connectivity index (χ1) is 14.5. The minimum atomic E-state index is -4.52. The van der Waals surface area contributed by atoms with Gasteiger partial charge >= 0.3 is 6.18 Å². The average molecular weight is 451 g/mol. The molecular formula is C21H20F3N3O3S. The summed E-state index contributed by atoms with van der Waals surface area (Å²) in [5.74, 6) is -1.48. The molecule has 1 heterocycles. The second-order valence-electron chi connectivity index (χ2n) is 7.10. The molecule has 0 bridgehead atoms. The molecule has 0 saturated heterocycles. The summed E-state index contributed by atoms with van der Waals surface area (Å²) in [4.78, 5) is 37.0. The van der Waals surface area contributed by atoms with Crippen LogP contribution < -0.4 is 16.0 Å². The Bertz CT molecular complexity index is 1020. The lowest BCUT2D eigenvalue weighted by Crippen LogP contribution is -2.38. The monoisotopic (exact) mass is 451 g/mol. The number of rotatable bonds is 5. The largest absolute Gasteiger partial charge is 0.416 e. The van der Waals surface area contributed by atoms with Crippen LogP contribution in [0.4, 0.5) is 24.5 Å². The van der Waals surface area contributed by atoms with Crippen molar-refractivity contribution in [1.82, 2.24) is 5.32 Å². The molecule has 10 heteroatoms. The minimum Gasteiger partial charge on any atom is -0.347 e. The van der Waals surface area contributed by atoms with Crippen LogP contribution in [0.25, 0.3) is 0 Å². The smallest absolute Gasteiger partial charge is 0.347 e. The van der Waals surface area contributed by atoms with E-state index in [2.05, 4.69) is 16.0 Å². The Kier molecular flexibility index (Phi) is 6.59. The number of thioether (sulfide) groups is 1. The lowest BCUT2D eigenvalue weighted by Gasteiger charge is -2.24. The van der Waals surface area contributed by atoms with Gasteiger partial charge in [-0.1, -0.05) is 18.2 Å². The highest BCUT2D eigenvalue weighted by Crippen LogP contribution is 2.40. The summed E-state index contributed by atoms with van der Waals surface area (Å²) < 4.78 is 38.5. The number of halogens is 3. The Morgan fingerprint density at radius 3 is 2.42 bits per heavy atom. The quantitative estimate of drug-likeness (QED) is 0.644. The summed E-state index contributed by atoms with van der Waals surface area (Å²) in [5, 5.41) is 6.82. The highest BCUT2D eigenvalue weighted by molar-refractivity contribution is 8.01. The van der Waals surface area contributed by atoms with E-state index in [-0.39, 0.29) is 18.7 Å². The van der Waals surface area contributed by atoms with E-state index < -0.39 is 34.7 Å². The summed E-state index contributed by atoms with van der Waals surface area (Å²) in [6, 6.07) is 8.65. The summed E-state index contributed by atoms with van der Waals surface area (Å²) >= 11 is 1.01. The van der Waals surface area contributed by atoms with Gasteiger partial charge in [0, 0.05) is 17.0 Å². The van der Waals surface area contributed by atoms with Crippen LogP contribution in [0, 0.1) is 13.8 Å². The molecule has 3 N–H and O–H groups in total. The minimum absolute atomic E-state index is 0.0643. The molecule has 0 radical (unpaired) electrons. The summed E-state index contributed by atoms with van der Waals surface area (Å²) in [5.41, 5.74) is 1.66. The van der Waals surface area contributed by atoms with Crippen molar-refractivity contribution in [2.75, 3.05) is 17.2 Å². The van der Waals surface area contributed by atoms with Crippen molar-refractivity contribution in [3.05, 3.63) is 53.1 Å². The van der Waals surface area contributed by atoms with Crippen molar-refractivity contribution in [2.24, 2.45) is 0 Å². The van der Waals surface area contributed by atoms with Gasteiger partial charge in [0.15, 0.2) is 0 Å². The third-order valence-corrected chi connectivity index (χ3v) is 5.96. The maximum Gasteiger partial charge on any atom is 0.416 e.